The van der Waals surface area contributed by atoms with E-state index in [1.54, 1.807) is 0 Å². The molecule has 1 aliphatic heterocycles. The number of carbonyl (C=O) groups excluding carboxylic acids is 1. The number of aliphatic hydroxyl groups excluding tert-OH is 1. The Hall–Kier alpha value is -0.570. The van der Waals surface area contributed by atoms with Crippen molar-refractivity contribution in [3.8, 4) is 0 Å². The van der Waals surface area contributed by atoms with Crippen LogP contribution in [0.15, 0.2) is 0 Å². The predicted octanol–water partition coefficient (Wildman–Crippen LogP) is 3.21. The van der Waals surface area contributed by atoms with Crippen molar-refractivity contribution in [1.82, 2.24) is 4.90 Å². The molecule has 1 amide bonds. The highest BCUT2D eigenvalue weighted by Crippen LogP contribution is 2.69. The van der Waals surface area contributed by atoms with Gasteiger partial charge >= 0.3 is 0 Å². The quantitative estimate of drug-likeness (QED) is 0.849. The molecule has 1 heterocycles. The third kappa shape index (κ3) is 2.23. The first-order valence-electron chi connectivity index (χ1n) is 8.77. The number of piperidine rings is 1. The molecule has 21 heavy (non-hydrogen) atoms. The molecule has 3 rings (SSSR count). The van der Waals surface area contributed by atoms with Crippen molar-refractivity contribution in [3.05, 3.63) is 0 Å². The zero-order valence-corrected chi connectivity index (χ0v) is 14.1. The molecular weight excluding hydrogens is 262 g/mol. The Kier molecular flexibility index (Phi) is 3.63. The van der Waals surface area contributed by atoms with Crippen LogP contribution in [-0.2, 0) is 4.79 Å². The van der Waals surface area contributed by atoms with Gasteiger partial charge in [-0.25, -0.2) is 0 Å². The molecule has 3 unspecified atom stereocenters. The Bertz CT molecular complexity index is 415. The van der Waals surface area contributed by atoms with Gasteiger partial charge in [0.2, 0.25) is 5.91 Å². The van der Waals surface area contributed by atoms with Crippen molar-refractivity contribution in [1.29, 1.82) is 0 Å². The second kappa shape index (κ2) is 4.97. The normalized spacial score (nSPS) is 38.5. The summed E-state index contributed by atoms with van der Waals surface area (Å²) in [6.45, 7) is 9.78. The summed E-state index contributed by atoms with van der Waals surface area (Å²) in [6, 6.07) is 0.288. The Morgan fingerprint density at radius 1 is 1.00 bits per heavy atom. The number of hydrogen-bond acceptors (Lipinski definition) is 2. The summed E-state index contributed by atoms with van der Waals surface area (Å²) in [6.07, 6.45) is 6.35. The van der Waals surface area contributed by atoms with Crippen LogP contribution in [0.4, 0.5) is 0 Å². The summed E-state index contributed by atoms with van der Waals surface area (Å²) in [7, 11) is 0. The fourth-order valence-electron chi connectivity index (χ4n) is 5.07. The smallest absolute Gasteiger partial charge is 0.227 e. The van der Waals surface area contributed by atoms with Crippen molar-refractivity contribution in [2.45, 2.75) is 78.4 Å². The standard InChI is InChI=1S/C18H31NO2/c1-17(2)15(18(17,3)4)16(21)19-11-6-5-9-13(19)12-8-7-10-14(12)20/h12-15,20H,5-11H2,1-4H3. The molecule has 3 nitrogen and oxygen atoms in total. The molecular formula is C18H31NO2. The van der Waals surface area contributed by atoms with Gasteiger partial charge in [-0.1, -0.05) is 34.1 Å². The van der Waals surface area contributed by atoms with Gasteiger partial charge in [0, 0.05) is 24.4 Å². The van der Waals surface area contributed by atoms with Crippen LogP contribution < -0.4 is 0 Å². The maximum atomic E-state index is 13.1. The average Bonchev–Trinajstić information content (AvgIpc) is 2.74. The first-order valence-corrected chi connectivity index (χ1v) is 8.77. The Morgan fingerprint density at radius 2 is 1.67 bits per heavy atom. The summed E-state index contributed by atoms with van der Waals surface area (Å²) >= 11 is 0. The van der Waals surface area contributed by atoms with Crippen molar-refractivity contribution in [2.24, 2.45) is 22.7 Å². The lowest BCUT2D eigenvalue weighted by Crippen LogP contribution is -2.50. The third-order valence-electron chi connectivity index (χ3n) is 7.13. The summed E-state index contributed by atoms with van der Waals surface area (Å²) in [5.41, 5.74) is 0.223. The summed E-state index contributed by atoms with van der Waals surface area (Å²) in [5, 5.41) is 10.3. The number of amides is 1. The lowest BCUT2D eigenvalue weighted by atomic mass is 9.87. The maximum absolute atomic E-state index is 13.1. The van der Waals surface area contributed by atoms with Crippen molar-refractivity contribution in [2.75, 3.05) is 6.54 Å². The highest BCUT2D eigenvalue weighted by Gasteiger charge is 2.69. The van der Waals surface area contributed by atoms with Crippen LogP contribution in [-0.4, -0.2) is 34.6 Å². The number of rotatable bonds is 2. The third-order valence-corrected chi connectivity index (χ3v) is 7.13. The molecule has 3 heteroatoms. The van der Waals surface area contributed by atoms with Crippen LogP contribution in [0.25, 0.3) is 0 Å². The molecule has 0 aromatic heterocycles. The minimum Gasteiger partial charge on any atom is -0.393 e. The minimum atomic E-state index is -0.191. The Labute approximate surface area is 129 Å². The van der Waals surface area contributed by atoms with Crippen molar-refractivity contribution >= 4 is 5.91 Å². The van der Waals surface area contributed by atoms with Gasteiger partial charge in [0.05, 0.1) is 6.10 Å². The Balaban J connectivity index is 1.77. The average molecular weight is 293 g/mol. The predicted molar refractivity (Wildman–Crippen MR) is 83.8 cm³/mol. The number of aliphatic hydroxyl groups is 1. The van der Waals surface area contributed by atoms with Crippen LogP contribution in [0.5, 0.6) is 0 Å². The molecule has 3 aliphatic rings. The lowest BCUT2D eigenvalue weighted by Gasteiger charge is -2.41. The van der Waals surface area contributed by atoms with E-state index >= 15 is 0 Å². The van der Waals surface area contributed by atoms with Gasteiger partial charge in [-0.2, -0.15) is 0 Å². The fraction of sp³-hybridized carbons (Fsp3) is 0.944. The lowest BCUT2D eigenvalue weighted by molar-refractivity contribution is -0.140. The molecule has 0 aromatic rings. The molecule has 1 N–H and O–H groups in total. The molecule has 0 radical (unpaired) electrons. The largest absolute Gasteiger partial charge is 0.393 e. The van der Waals surface area contributed by atoms with Crippen molar-refractivity contribution < 1.29 is 9.90 Å². The number of nitrogens with zero attached hydrogens (tertiary/aromatic N) is 1. The topological polar surface area (TPSA) is 40.5 Å². The second-order valence-electron chi connectivity index (χ2n) is 8.63. The minimum absolute atomic E-state index is 0.111. The molecule has 0 spiro atoms. The van der Waals surface area contributed by atoms with Crippen molar-refractivity contribution in [3.63, 3.8) is 0 Å². The van der Waals surface area contributed by atoms with E-state index in [2.05, 4.69) is 32.6 Å². The molecule has 2 aliphatic carbocycles. The molecule has 3 atom stereocenters. The van der Waals surface area contributed by atoms with Gasteiger partial charge in [-0.15, -0.1) is 0 Å². The zero-order chi connectivity index (χ0) is 15.4. The van der Waals surface area contributed by atoms with E-state index < -0.39 is 0 Å². The molecule has 2 saturated carbocycles. The summed E-state index contributed by atoms with van der Waals surface area (Å²) in [4.78, 5) is 15.3. The fourth-order valence-corrected chi connectivity index (χ4v) is 5.07. The van der Waals surface area contributed by atoms with Gasteiger partial charge in [-0.05, 0) is 42.9 Å². The van der Waals surface area contributed by atoms with Gasteiger partial charge in [0.25, 0.3) is 0 Å². The van der Waals surface area contributed by atoms with E-state index in [1.807, 2.05) is 0 Å². The van der Waals surface area contributed by atoms with Gasteiger partial charge in [-0.3, -0.25) is 4.79 Å². The van der Waals surface area contributed by atoms with Crippen LogP contribution in [0.3, 0.4) is 0 Å². The van der Waals surface area contributed by atoms with Crippen LogP contribution in [0, 0.1) is 22.7 Å². The maximum Gasteiger partial charge on any atom is 0.227 e. The number of likely N-dealkylation sites (tertiary alicyclic amines) is 1. The zero-order valence-electron chi connectivity index (χ0n) is 14.1. The van der Waals surface area contributed by atoms with Crippen LogP contribution >= 0.6 is 0 Å². The SMILES string of the molecule is CC1(C)C(C(=O)N2CCCCC2C2CCCC2O)C1(C)C. The Morgan fingerprint density at radius 3 is 2.19 bits per heavy atom. The molecule has 1 saturated heterocycles. The number of carbonyl (C=O) groups is 1. The number of hydrogen-bond donors (Lipinski definition) is 1. The van der Waals surface area contributed by atoms with Gasteiger partial charge < -0.3 is 10.0 Å². The van der Waals surface area contributed by atoms with E-state index in [1.165, 1.54) is 6.42 Å². The van der Waals surface area contributed by atoms with E-state index in [-0.39, 0.29) is 28.9 Å². The molecule has 0 aromatic carbocycles. The molecule has 0 bridgehead atoms. The van der Waals surface area contributed by atoms with Gasteiger partial charge in [0.1, 0.15) is 0 Å². The van der Waals surface area contributed by atoms with Gasteiger partial charge in [0.15, 0.2) is 0 Å². The first-order chi connectivity index (χ1) is 9.78. The van der Waals surface area contributed by atoms with Crippen LogP contribution in [0.2, 0.25) is 0 Å². The summed E-state index contributed by atoms with van der Waals surface area (Å²) in [5.74, 6) is 0.831. The van der Waals surface area contributed by atoms with E-state index in [0.29, 0.717) is 11.8 Å². The summed E-state index contributed by atoms with van der Waals surface area (Å²) < 4.78 is 0. The van der Waals surface area contributed by atoms with E-state index in [4.69, 9.17) is 0 Å². The first kappa shape index (κ1) is 15.3. The van der Waals surface area contributed by atoms with E-state index in [9.17, 15) is 9.90 Å². The molecule has 3 fully saturated rings. The second-order valence-corrected chi connectivity index (χ2v) is 8.63. The van der Waals surface area contributed by atoms with E-state index in [0.717, 1.165) is 38.6 Å². The molecule has 120 valence electrons. The highest BCUT2D eigenvalue weighted by molar-refractivity contribution is 5.84. The monoisotopic (exact) mass is 293 g/mol. The highest BCUT2D eigenvalue weighted by atomic mass is 16.3. The van der Waals surface area contributed by atoms with Crippen LogP contribution in [0.1, 0.15) is 66.2 Å².